The Morgan fingerprint density at radius 1 is 1.14 bits per heavy atom. The molecule has 0 atom stereocenters. The van der Waals surface area contributed by atoms with Gasteiger partial charge >= 0.3 is 0 Å². The van der Waals surface area contributed by atoms with E-state index in [-0.39, 0.29) is 5.69 Å². The third-order valence-corrected chi connectivity index (χ3v) is 3.17. The van der Waals surface area contributed by atoms with Crippen LogP contribution in [0.1, 0.15) is 5.56 Å². The number of nitrogens with zero attached hydrogens (tertiary/aromatic N) is 1. The van der Waals surface area contributed by atoms with Crippen molar-refractivity contribution in [2.75, 3.05) is 14.2 Å². The number of para-hydroxylation sites is 1. The zero-order valence-corrected chi connectivity index (χ0v) is 11.8. The van der Waals surface area contributed by atoms with Crippen LogP contribution in [0.25, 0.3) is 11.1 Å². The second kappa shape index (κ2) is 6.23. The van der Waals surface area contributed by atoms with Gasteiger partial charge < -0.3 is 15.2 Å². The number of nitro benzene ring substituents is 1. The maximum Gasteiger partial charge on any atom is 0.277 e. The lowest BCUT2D eigenvalue weighted by Crippen LogP contribution is -2.01. The van der Waals surface area contributed by atoms with E-state index in [9.17, 15) is 10.1 Å². The van der Waals surface area contributed by atoms with Gasteiger partial charge in [0.25, 0.3) is 5.69 Å². The second-order valence-electron chi connectivity index (χ2n) is 4.36. The fourth-order valence-electron chi connectivity index (χ4n) is 2.20. The van der Waals surface area contributed by atoms with Crippen molar-refractivity contribution < 1.29 is 14.4 Å². The molecule has 0 amide bonds. The molecule has 0 spiro atoms. The Morgan fingerprint density at radius 3 is 2.43 bits per heavy atom. The molecular weight excluding hydrogens is 272 g/mol. The van der Waals surface area contributed by atoms with E-state index in [1.807, 2.05) is 0 Å². The van der Waals surface area contributed by atoms with Crippen molar-refractivity contribution in [3.05, 3.63) is 52.1 Å². The van der Waals surface area contributed by atoms with E-state index in [4.69, 9.17) is 15.2 Å². The first-order valence-corrected chi connectivity index (χ1v) is 6.31. The number of nitro groups is 1. The predicted molar refractivity (Wildman–Crippen MR) is 79.5 cm³/mol. The number of ether oxygens (including phenoxy) is 2. The third-order valence-electron chi connectivity index (χ3n) is 3.17. The SMILES string of the molecule is COc1cc(CN)cc(-c2ccccc2[N+](=O)[O-])c1OC. The molecule has 2 aromatic rings. The minimum atomic E-state index is -0.420. The van der Waals surface area contributed by atoms with E-state index in [1.54, 1.807) is 30.3 Å². The fourth-order valence-corrected chi connectivity index (χ4v) is 2.20. The van der Waals surface area contributed by atoms with Crippen molar-refractivity contribution in [3.63, 3.8) is 0 Å². The molecule has 0 aromatic heterocycles. The molecule has 6 nitrogen and oxygen atoms in total. The summed E-state index contributed by atoms with van der Waals surface area (Å²) in [5.74, 6) is 0.942. The van der Waals surface area contributed by atoms with Gasteiger partial charge in [0.2, 0.25) is 0 Å². The van der Waals surface area contributed by atoms with Crippen molar-refractivity contribution in [2.24, 2.45) is 5.73 Å². The summed E-state index contributed by atoms with van der Waals surface area (Å²) in [5.41, 5.74) is 7.55. The average molecular weight is 288 g/mol. The molecule has 2 aromatic carbocycles. The van der Waals surface area contributed by atoms with Gasteiger partial charge in [-0.15, -0.1) is 0 Å². The number of hydrogen-bond donors (Lipinski definition) is 1. The van der Waals surface area contributed by atoms with Gasteiger partial charge in [-0.1, -0.05) is 12.1 Å². The summed E-state index contributed by atoms with van der Waals surface area (Å²) in [5, 5.41) is 11.2. The summed E-state index contributed by atoms with van der Waals surface area (Å²) in [6.45, 7) is 0.300. The highest BCUT2D eigenvalue weighted by Crippen LogP contribution is 2.42. The monoisotopic (exact) mass is 288 g/mol. The van der Waals surface area contributed by atoms with Gasteiger partial charge in [0.15, 0.2) is 11.5 Å². The van der Waals surface area contributed by atoms with E-state index in [2.05, 4.69) is 0 Å². The first-order chi connectivity index (χ1) is 10.1. The van der Waals surface area contributed by atoms with Crippen LogP contribution in [0.15, 0.2) is 36.4 Å². The van der Waals surface area contributed by atoms with Crippen LogP contribution >= 0.6 is 0 Å². The summed E-state index contributed by atoms with van der Waals surface area (Å²) < 4.78 is 10.7. The number of rotatable bonds is 5. The van der Waals surface area contributed by atoms with Gasteiger partial charge in [-0.2, -0.15) is 0 Å². The zero-order valence-electron chi connectivity index (χ0n) is 11.8. The molecule has 6 heteroatoms. The zero-order chi connectivity index (χ0) is 15.4. The molecule has 2 rings (SSSR count). The fraction of sp³-hybridized carbons (Fsp3) is 0.200. The van der Waals surface area contributed by atoms with Crippen LogP contribution < -0.4 is 15.2 Å². The number of methoxy groups -OCH3 is 2. The molecule has 0 saturated heterocycles. The maximum atomic E-state index is 11.2. The molecule has 0 heterocycles. The Morgan fingerprint density at radius 2 is 1.86 bits per heavy atom. The maximum absolute atomic E-state index is 11.2. The van der Waals surface area contributed by atoms with Crippen molar-refractivity contribution in [3.8, 4) is 22.6 Å². The molecular formula is C15H16N2O4. The van der Waals surface area contributed by atoms with Crippen molar-refractivity contribution >= 4 is 5.69 Å². The van der Waals surface area contributed by atoms with Crippen molar-refractivity contribution in [1.29, 1.82) is 0 Å². The van der Waals surface area contributed by atoms with Gasteiger partial charge in [-0.05, 0) is 23.8 Å². The topological polar surface area (TPSA) is 87.6 Å². The molecule has 0 aliphatic carbocycles. The molecule has 0 aliphatic heterocycles. The summed E-state index contributed by atoms with van der Waals surface area (Å²) in [6.07, 6.45) is 0. The summed E-state index contributed by atoms with van der Waals surface area (Å²) in [4.78, 5) is 10.8. The minimum Gasteiger partial charge on any atom is -0.493 e. The highest BCUT2D eigenvalue weighted by molar-refractivity contribution is 5.81. The highest BCUT2D eigenvalue weighted by atomic mass is 16.6. The quantitative estimate of drug-likeness (QED) is 0.675. The van der Waals surface area contributed by atoms with Crippen LogP contribution in [-0.4, -0.2) is 19.1 Å². The first-order valence-electron chi connectivity index (χ1n) is 6.31. The largest absolute Gasteiger partial charge is 0.493 e. The molecule has 0 saturated carbocycles. The summed E-state index contributed by atoms with van der Waals surface area (Å²) in [7, 11) is 3.01. The summed E-state index contributed by atoms with van der Waals surface area (Å²) >= 11 is 0. The van der Waals surface area contributed by atoms with Crippen molar-refractivity contribution in [2.45, 2.75) is 6.54 Å². The van der Waals surface area contributed by atoms with E-state index >= 15 is 0 Å². The molecule has 0 aliphatic rings. The average Bonchev–Trinajstić information content (AvgIpc) is 2.53. The standard InChI is InChI=1S/C15H16N2O4/c1-20-14-8-10(9-16)7-12(15(14)21-2)11-5-3-4-6-13(11)17(18)19/h3-8H,9,16H2,1-2H3. The Bertz CT molecular complexity index is 671. The molecule has 0 unspecified atom stereocenters. The van der Waals surface area contributed by atoms with Crippen molar-refractivity contribution in [1.82, 2.24) is 0 Å². The van der Waals surface area contributed by atoms with Crippen LogP contribution in [0, 0.1) is 10.1 Å². The third kappa shape index (κ3) is 2.80. The van der Waals surface area contributed by atoms with Crippen LogP contribution in [-0.2, 0) is 6.54 Å². The van der Waals surface area contributed by atoms with Crippen LogP contribution in [0.4, 0.5) is 5.69 Å². The lowest BCUT2D eigenvalue weighted by molar-refractivity contribution is -0.384. The Balaban J connectivity index is 2.76. The number of benzene rings is 2. The highest BCUT2D eigenvalue weighted by Gasteiger charge is 2.20. The van der Waals surface area contributed by atoms with E-state index in [0.717, 1.165) is 5.56 Å². The van der Waals surface area contributed by atoms with Crippen LogP contribution in [0.5, 0.6) is 11.5 Å². The minimum absolute atomic E-state index is 0.00650. The van der Waals surface area contributed by atoms with Crippen LogP contribution in [0.2, 0.25) is 0 Å². The lowest BCUT2D eigenvalue weighted by Gasteiger charge is -2.15. The molecule has 110 valence electrons. The lowest BCUT2D eigenvalue weighted by atomic mass is 9.99. The second-order valence-corrected chi connectivity index (χ2v) is 4.36. The van der Waals surface area contributed by atoms with E-state index in [0.29, 0.717) is 29.2 Å². The van der Waals surface area contributed by atoms with Gasteiger partial charge in [0.05, 0.1) is 24.7 Å². The predicted octanol–water partition coefficient (Wildman–Crippen LogP) is 2.74. The Kier molecular flexibility index (Phi) is 4.39. The Hall–Kier alpha value is -2.60. The Labute approximate surface area is 122 Å². The molecule has 21 heavy (non-hydrogen) atoms. The number of hydrogen-bond acceptors (Lipinski definition) is 5. The first kappa shape index (κ1) is 14.8. The van der Waals surface area contributed by atoms with E-state index in [1.165, 1.54) is 20.3 Å². The van der Waals surface area contributed by atoms with Crippen LogP contribution in [0.3, 0.4) is 0 Å². The van der Waals surface area contributed by atoms with Gasteiger partial charge in [-0.25, -0.2) is 0 Å². The molecule has 0 bridgehead atoms. The van der Waals surface area contributed by atoms with Gasteiger partial charge in [0.1, 0.15) is 0 Å². The molecule has 2 N–H and O–H groups in total. The summed E-state index contributed by atoms with van der Waals surface area (Å²) in [6, 6.07) is 10.0. The molecule has 0 fully saturated rings. The molecule has 0 radical (unpaired) electrons. The van der Waals surface area contributed by atoms with Gasteiger partial charge in [0, 0.05) is 18.2 Å². The normalized spacial score (nSPS) is 10.2. The van der Waals surface area contributed by atoms with E-state index < -0.39 is 4.92 Å². The number of nitrogens with two attached hydrogens (primary N) is 1. The smallest absolute Gasteiger partial charge is 0.277 e. The van der Waals surface area contributed by atoms with Gasteiger partial charge in [-0.3, -0.25) is 10.1 Å².